The van der Waals surface area contributed by atoms with Crippen LogP contribution in [-0.2, 0) is 0 Å². The van der Waals surface area contributed by atoms with E-state index in [0.717, 1.165) is 6.42 Å². The van der Waals surface area contributed by atoms with Crippen molar-refractivity contribution in [1.29, 1.82) is 0 Å². The average Bonchev–Trinajstić information content (AvgIpc) is 2.36. The van der Waals surface area contributed by atoms with Crippen molar-refractivity contribution in [3.63, 3.8) is 0 Å². The molecule has 1 aliphatic heterocycles. The minimum atomic E-state index is 1.05. The van der Waals surface area contributed by atoms with E-state index in [1.807, 2.05) is 0 Å². The van der Waals surface area contributed by atoms with E-state index in [1.54, 1.807) is 0 Å². The van der Waals surface area contributed by atoms with Crippen LogP contribution in [0.25, 0.3) is 0 Å². The molecule has 2 nitrogen and oxygen atoms in total. The first-order valence-electron chi connectivity index (χ1n) is 3.89. The monoisotopic (exact) mass is 148 g/mol. The lowest BCUT2D eigenvalue weighted by Crippen LogP contribution is -2.28. The molecule has 11 heavy (non-hydrogen) atoms. The SMILES string of the molecule is CC1=C(C)NC2=CCC=C2N1. The molecule has 0 aromatic carbocycles. The van der Waals surface area contributed by atoms with Gasteiger partial charge in [-0.2, -0.15) is 0 Å². The smallest absolute Gasteiger partial charge is 0.0580 e. The van der Waals surface area contributed by atoms with Crippen LogP contribution in [0.4, 0.5) is 0 Å². The van der Waals surface area contributed by atoms with Gasteiger partial charge in [-0.1, -0.05) is 12.2 Å². The molecule has 0 unspecified atom stereocenters. The molecule has 0 atom stereocenters. The summed E-state index contributed by atoms with van der Waals surface area (Å²) in [6, 6.07) is 0. The van der Waals surface area contributed by atoms with Gasteiger partial charge >= 0.3 is 0 Å². The Labute approximate surface area is 66.7 Å². The normalized spacial score (nSPS) is 21.6. The zero-order valence-corrected chi connectivity index (χ0v) is 6.86. The summed E-state index contributed by atoms with van der Waals surface area (Å²) in [5.74, 6) is 0. The largest absolute Gasteiger partial charge is 0.356 e. The van der Waals surface area contributed by atoms with Crippen molar-refractivity contribution < 1.29 is 0 Å². The Morgan fingerprint density at radius 2 is 1.45 bits per heavy atom. The Balaban J connectivity index is 2.35. The van der Waals surface area contributed by atoms with Crippen LogP contribution in [0.15, 0.2) is 34.9 Å². The van der Waals surface area contributed by atoms with Gasteiger partial charge in [0.1, 0.15) is 0 Å². The third-order valence-corrected chi connectivity index (χ3v) is 2.14. The fraction of sp³-hybridized carbons (Fsp3) is 0.333. The summed E-state index contributed by atoms with van der Waals surface area (Å²) >= 11 is 0. The second kappa shape index (κ2) is 2.16. The van der Waals surface area contributed by atoms with Gasteiger partial charge in [0.25, 0.3) is 0 Å². The molecule has 2 N–H and O–H groups in total. The van der Waals surface area contributed by atoms with Crippen LogP contribution >= 0.6 is 0 Å². The number of nitrogens with one attached hydrogen (secondary N) is 2. The molecule has 1 heterocycles. The molecule has 0 saturated heterocycles. The lowest BCUT2D eigenvalue weighted by atomic mass is 10.2. The Hall–Kier alpha value is -1.18. The van der Waals surface area contributed by atoms with E-state index in [4.69, 9.17) is 0 Å². The number of hydrogen-bond acceptors (Lipinski definition) is 2. The Morgan fingerprint density at radius 3 is 1.91 bits per heavy atom. The van der Waals surface area contributed by atoms with Crippen molar-refractivity contribution in [3.05, 3.63) is 34.9 Å². The predicted molar refractivity (Wildman–Crippen MR) is 45.4 cm³/mol. The van der Waals surface area contributed by atoms with Gasteiger partial charge in [0.15, 0.2) is 0 Å². The highest BCUT2D eigenvalue weighted by Gasteiger charge is 2.15. The maximum atomic E-state index is 3.34. The van der Waals surface area contributed by atoms with E-state index in [1.165, 1.54) is 22.8 Å². The molecule has 0 radical (unpaired) electrons. The minimum Gasteiger partial charge on any atom is -0.356 e. The number of hydrogen-bond donors (Lipinski definition) is 2. The summed E-state index contributed by atoms with van der Waals surface area (Å²) in [7, 11) is 0. The van der Waals surface area contributed by atoms with Crippen molar-refractivity contribution in [2.75, 3.05) is 0 Å². The molecule has 2 aliphatic rings. The van der Waals surface area contributed by atoms with E-state index >= 15 is 0 Å². The van der Waals surface area contributed by atoms with Gasteiger partial charge in [0, 0.05) is 11.4 Å². The summed E-state index contributed by atoms with van der Waals surface area (Å²) in [6.45, 7) is 4.16. The van der Waals surface area contributed by atoms with E-state index in [9.17, 15) is 0 Å². The Kier molecular flexibility index (Phi) is 1.28. The van der Waals surface area contributed by atoms with Crippen molar-refractivity contribution in [1.82, 2.24) is 10.6 Å². The summed E-state index contributed by atoms with van der Waals surface area (Å²) in [5.41, 5.74) is 4.90. The van der Waals surface area contributed by atoms with E-state index in [-0.39, 0.29) is 0 Å². The maximum Gasteiger partial charge on any atom is 0.0580 e. The van der Waals surface area contributed by atoms with Crippen LogP contribution < -0.4 is 10.6 Å². The third-order valence-electron chi connectivity index (χ3n) is 2.14. The summed E-state index contributed by atoms with van der Waals surface area (Å²) in [4.78, 5) is 0. The Morgan fingerprint density at radius 1 is 1.00 bits per heavy atom. The van der Waals surface area contributed by atoms with Gasteiger partial charge in [-0.15, -0.1) is 0 Å². The van der Waals surface area contributed by atoms with Crippen LogP contribution in [-0.4, -0.2) is 0 Å². The zero-order valence-electron chi connectivity index (χ0n) is 6.86. The number of fused-ring (bicyclic) bond motifs is 1. The Bertz CT molecular complexity index is 254. The molecule has 0 amide bonds. The van der Waals surface area contributed by atoms with Gasteiger partial charge in [0.2, 0.25) is 0 Å². The van der Waals surface area contributed by atoms with Gasteiger partial charge < -0.3 is 10.6 Å². The van der Waals surface area contributed by atoms with Crippen molar-refractivity contribution >= 4 is 0 Å². The lowest BCUT2D eigenvalue weighted by Gasteiger charge is -2.22. The van der Waals surface area contributed by atoms with Crippen LogP contribution in [0, 0.1) is 0 Å². The fourth-order valence-electron chi connectivity index (χ4n) is 1.34. The van der Waals surface area contributed by atoms with E-state index < -0.39 is 0 Å². The van der Waals surface area contributed by atoms with Gasteiger partial charge in [0.05, 0.1) is 11.4 Å². The summed E-state index contributed by atoms with van der Waals surface area (Å²) in [5, 5.41) is 6.68. The summed E-state index contributed by atoms with van der Waals surface area (Å²) < 4.78 is 0. The average molecular weight is 148 g/mol. The molecule has 0 fully saturated rings. The van der Waals surface area contributed by atoms with E-state index in [0.29, 0.717) is 0 Å². The molecule has 0 aromatic rings. The highest BCUT2D eigenvalue weighted by molar-refractivity contribution is 5.42. The van der Waals surface area contributed by atoms with Crippen LogP contribution in [0.5, 0.6) is 0 Å². The van der Waals surface area contributed by atoms with Crippen LogP contribution in [0.1, 0.15) is 20.3 Å². The third kappa shape index (κ3) is 0.946. The van der Waals surface area contributed by atoms with Crippen molar-refractivity contribution in [3.8, 4) is 0 Å². The molecule has 2 heteroatoms. The van der Waals surface area contributed by atoms with Gasteiger partial charge in [-0.25, -0.2) is 0 Å². The highest BCUT2D eigenvalue weighted by atomic mass is 15.1. The molecule has 58 valence electrons. The molecule has 0 spiro atoms. The molecule has 0 aromatic heterocycles. The molecule has 0 bridgehead atoms. The fourth-order valence-corrected chi connectivity index (χ4v) is 1.34. The summed E-state index contributed by atoms with van der Waals surface area (Å²) in [6.07, 6.45) is 5.43. The van der Waals surface area contributed by atoms with Gasteiger partial charge in [-0.3, -0.25) is 0 Å². The molecule has 0 saturated carbocycles. The highest BCUT2D eigenvalue weighted by Crippen LogP contribution is 2.21. The van der Waals surface area contributed by atoms with Crippen molar-refractivity contribution in [2.45, 2.75) is 20.3 Å². The van der Waals surface area contributed by atoms with Crippen LogP contribution in [0.2, 0.25) is 0 Å². The molecular weight excluding hydrogens is 136 g/mol. The standard InChI is InChI=1S/C9H12N2/c1-6-7(2)11-9-5-3-4-8(9)10-6/h4-5,10-11H,3H2,1-2H3. The maximum absolute atomic E-state index is 3.34. The van der Waals surface area contributed by atoms with Crippen molar-refractivity contribution in [2.24, 2.45) is 0 Å². The molecular formula is C9H12N2. The van der Waals surface area contributed by atoms with Gasteiger partial charge in [-0.05, 0) is 20.3 Å². The van der Waals surface area contributed by atoms with E-state index in [2.05, 4.69) is 36.6 Å². The number of rotatable bonds is 0. The minimum absolute atomic E-state index is 1.05. The molecule has 2 rings (SSSR count). The first-order chi connectivity index (χ1) is 5.27. The number of allylic oxidation sites excluding steroid dienone is 4. The quantitative estimate of drug-likeness (QED) is 0.545. The topological polar surface area (TPSA) is 24.1 Å². The van der Waals surface area contributed by atoms with Crippen LogP contribution in [0.3, 0.4) is 0 Å². The second-order valence-electron chi connectivity index (χ2n) is 2.97. The first-order valence-corrected chi connectivity index (χ1v) is 3.89. The predicted octanol–water partition coefficient (Wildman–Crippen LogP) is 1.60. The second-order valence-corrected chi connectivity index (χ2v) is 2.97. The lowest BCUT2D eigenvalue weighted by molar-refractivity contribution is 0.808. The zero-order chi connectivity index (χ0) is 7.84. The molecule has 1 aliphatic carbocycles. The first kappa shape index (κ1) is 6.53.